The van der Waals surface area contributed by atoms with Crippen LogP contribution in [0.3, 0.4) is 0 Å². The first-order chi connectivity index (χ1) is 8.44. The molecule has 0 spiro atoms. The average molecular weight is 254 g/mol. The van der Waals surface area contributed by atoms with Crippen molar-refractivity contribution in [2.24, 2.45) is 11.8 Å². The van der Waals surface area contributed by atoms with Crippen LogP contribution in [0.25, 0.3) is 0 Å². The highest BCUT2D eigenvalue weighted by Gasteiger charge is 2.53. The van der Waals surface area contributed by atoms with E-state index in [0.29, 0.717) is 24.4 Å². The first kappa shape index (κ1) is 13.8. The van der Waals surface area contributed by atoms with Crippen LogP contribution in [0.5, 0.6) is 0 Å². The van der Waals surface area contributed by atoms with E-state index >= 15 is 0 Å². The minimum absolute atomic E-state index is 0.324. The molecule has 0 amide bonds. The van der Waals surface area contributed by atoms with Gasteiger partial charge in [0.1, 0.15) is 5.54 Å². The van der Waals surface area contributed by atoms with Gasteiger partial charge in [-0.25, -0.2) is 0 Å². The molecular weight excluding hydrogens is 228 g/mol. The van der Waals surface area contributed by atoms with Crippen molar-refractivity contribution in [3.8, 4) is 0 Å². The summed E-state index contributed by atoms with van der Waals surface area (Å²) in [4.78, 5) is 14.0. The number of carboxylic acid groups (broad SMARTS) is 1. The molecular formula is C14H26N2O2. The smallest absolute Gasteiger partial charge is 0.325 e. The number of hydrogen-bond donors (Lipinski definition) is 2. The van der Waals surface area contributed by atoms with E-state index in [9.17, 15) is 9.90 Å². The molecule has 2 N–H and O–H groups in total. The summed E-state index contributed by atoms with van der Waals surface area (Å²) in [5, 5.41) is 13.1. The number of carbonyl (C=O) groups is 1. The third-order valence-corrected chi connectivity index (χ3v) is 3.89. The zero-order chi connectivity index (χ0) is 13.3. The monoisotopic (exact) mass is 254 g/mol. The molecule has 2 fully saturated rings. The Morgan fingerprint density at radius 1 is 1.39 bits per heavy atom. The van der Waals surface area contributed by atoms with Crippen LogP contribution in [0.2, 0.25) is 0 Å². The van der Waals surface area contributed by atoms with Crippen LogP contribution in [-0.4, -0.2) is 47.7 Å². The molecule has 4 heteroatoms. The molecule has 0 radical (unpaired) electrons. The van der Waals surface area contributed by atoms with Gasteiger partial charge in [-0.3, -0.25) is 10.1 Å². The van der Waals surface area contributed by atoms with Crippen molar-refractivity contribution < 1.29 is 9.90 Å². The van der Waals surface area contributed by atoms with Crippen LogP contribution < -0.4 is 5.32 Å². The Morgan fingerprint density at radius 2 is 2.00 bits per heavy atom. The Hall–Kier alpha value is -0.610. The van der Waals surface area contributed by atoms with E-state index in [1.165, 1.54) is 0 Å². The molecule has 0 aromatic carbocycles. The van der Waals surface area contributed by atoms with Gasteiger partial charge in [0.2, 0.25) is 0 Å². The van der Waals surface area contributed by atoms with Gasteiger partial charge in [-0.15, -0.1) is 0 Å². The van der Waals surface area contributed by atoms with E-state index in [4.69, 9.17) is 0 Å². The van der Waals surface area contributed by atoms with Gasteiger partial charge >= 0.3 is 5.97 Å². The second-order valence-corrected chi connectivity index (χ2v) is 6.56. The van der Waals surface area contributed by atoms with Crippen molar-refractivity contribution in [2.45, 2.75) is 51.1 Å². The van der Waals surface area contributed by atoms with Gasteiger partial charge in [-0.2, -0.15) is 0 Å². The quantitative estimate of drug-likeness (QED) is 0.690. The normalized spacial score (nSPS) is 23.4. The molecule has 2 rings (SSSR count). The fraction of sp³-hybridized carbons (Fsp3) is 0.929. The third-order valence-electron chi connectivity index (χ3n) is 3.89. The number of carboxylic acids is 1. The lowest BCUT2D eigenvalue weighted by molar-refractivity contribution is -0.147. The van der Waals surface area contributed by atoms with Crippen LogP contribution in [0.4, 0.5) is 0 Å². The van der Waals surface area contributed by atoms with Crippen molar-refractivity contribution >= 4 is 5.97 Å². The van der Waals surface area contributed by atoms with E-state index < -0.39 is 11.5 Å². The molecule has 18 heavy (non-hydrogen) atoms. The maximum absolute atomic E-state index is 11.8. The molecule has 2 aliphatic rings. The summed E-state index contributed by atoms with van der Waals surface area (Å²) in [6.45, 7) is 5.92. The van der Waals surface area contributed by atoms with Gasteiger partial charge < -0.3 is 10.0 Å². The molecule has 0 saturated heterocycles. The number of nitrogens with zero attached hydrogens (tertiary/aromatic N) is 1. The van der Waals surface area contributed by atoms with Crippen molar-refractivity contribution in [3.05, 3.63) is 0 Å². The van der Waals surface area contributed by atoms with Gasteiger partial charge in [-0.1, -0.05) is 13.8 Å². The molecule has 1 atom stereocenters. The van der Waals surface area contributed by atoms with Crippen LogP contribution in [-0.2, 0) is 4.79 Å². The standard InChI is InChI=1S/C14H26N2O2/c1-10(2)8-16(3)9-14(13(17)18,11-4-5-11)15-12-6-7-12/h10-12,15H,4-9H2,1-3H3,(H,17,18). The lowest BCUT2D eigenvalue weighted by Crippen LogP contribution is -2.61. The van der Waals surface area contributed by atoms with Crippen molar-refractivity contribution in [2.75, 3.05) is 20.1 Å². The number of aliphatic carboxylic acids is 1. The first-order valence-corrected chi connectivity index (χ1v) is 7.13. The van der Waals surface area contributed by atoms with E-state index in [1.807, 2.05) is 7.05 Å². The highest BCUT2D eigenvalue weighted by molar-refractivity contribution is 5.80. The highest BCUT2D eigenvalue weighted by atomic mass is 16.4. The summed E-state index contributed by atoms with van der Waals surface area (Å²) in [6.07, 6.45) is 4.38. The Labute approximate surface area is 110 Å². The fourth-order valence-corrected chi connectivity index (χ4v) is 2.88. The molecule has 104 valence electrons. The summed E-state index contributed by atoms with van der Waals surface area (Å²) >= 11 is 0. The van der Waals surface area contributed by atoms with E-state index in [1.54, 1.807) is 0 Å². The summed E-state index contributed by atoms with van der Waals surface area (Å²) in [5.74, 6) is 0.236. The summed E-state index contributed by atoms with van der Waals surface area (Å²) in [6, 6.07) is 0.439. The number of hydrogen-bond acceptors (Lipinski definition) is 3. The maximum Gasteiger partial charge on any atom is 0.325 e. The molecule has 0 aromatic heterocycles. The molecule has 0 bridgehead atoms. The predicted molar refractivity (Wildman–Crippen MR) is 71.6 cm³/mol. The lowest BCUT2D eigenvalue weighted by Gasteiger charge is -2.35. The SMILES string of the molecule is CC(C)CN(C)CC(NC1CC1)(C(=O)O)C1CC1. The Kier molecular flexibility index (Phi) is 3.97. The van der Waals surface area contributed by atoms with Crippen molar-refractivity contribution in [3.63, 3.8) is 0 Å². The Morgan fingerprint density at radius 3 is 2.39 bits per heavy atom. The van der Waals surface area contributed by atoms with E-state index in [0.717, 1.165) is 32.2 Å². The molecule has 4 nitrogen and oxygen atoms in total. The van der Waals surface area contributed by atoms with Gasteiger partial charge in [0.25, 0.3) is 0 Å². The van der Waals surface area contributed by atoms with Crippen LogP contribution in [0.1, 0.15) is 39.5 Å². The zero-order valence-electron chi connectivity index (χ0n) is 11.8. The topological polar surface area (TPSA) is 52.6 Å². The van der Waals surface area contributed by atoms with Crippen LogP contribution in [0.15, 0.2) is 0 Å². The average Bonchev–Trinajstić information content (AvgIpc) is 3.10. The summed E-state index contributed by atoms with van der Waals surface area (Å²) in [7, 11) is 2.04. The molecule has 1 unspecified atom stereocenters. The van der Waals surface area contributed by atoms with Crippen molar-refractivity contribution in [1.82, 2.24) is 10.2 Å². The highest BCUT2D eigenvalue weighted by Crippen LogP contribution is 2.42. The van der Waals surface area contributed by atoms with E-state index in [-0.39, 0.29) is 0 Å². The number of nitrogens with one attached hydrogen (secondary N) is 1. The Bertz CT molecular complexity index is 311. The van der Waals surface area contributed by atoms with Gasteiger partial charge in [-0.05, 0) is 44.6 Å². The van der Waals surface area contributed by atoms with Gasteiger partial charge in [0.05, 0.1) is 0 Å². The van der Waals surface area contributed by atoms with Crippen LogP contribution >= 0.6 is 0 Å². The van der Waals surface area contributed by atoms with Gasteiger partial charge in [0, 0.05) is 19.1 Å². The second-order valence-electron chi connectivity index (χ2n) is 6.56. The molecule has 0 aliphatic heterocycles. The zero-order valence-corrected chi connectivity index (χ0v) is 11.8. The summed E-state index contributed by atoms with van der Waals surface area (Å²) < 4.78 is 0. The molecule has 2 saturated carbocycles. The van der Waals surface area contributed by atoms with Crippen LogP contribution in [0, 0.1) is 11.8 Å². The second kappa shape index (κ2) is 5.17. The molecule has 0 aromatic rings. The predicted octanol–water partition coefficient (Wildman–Crippen LogP) is 1.56. The third kappa shape index (κ3) is 3.23. The minimum Gasteiger partial charge on any atom is -0.480 e. The largest absolute Gasteiger partial charge is 0.480 e. The number of rotatable bonds is 8. The fourth-order valence-electron chi connectivity index (χ4n) is 2.88. The lowest BCUT2D eigenvalue weighted by atomic mass is 9.91. The molecule has 0 heterocycles. The van der Waals surface area contributed by atoms with Crippen molar-refractivity contribution in [1.29, 1.82) is 0 Å². The van der Waals surface area contributed by atoms with Gasteiger partial charge in [0.15, 0.2) is 0 Å². The first-order valence-electron chi connectivity index (χ1n) is 7.13. The van der Waals surface area contributed by atoms with E-state index in [2.05, 4.69) is 24.1 Å². The minimum atomic E-state index is -0.704. The maximum atomic E-state index is 11.8. The molecule has 2 aliphatic carbocycles. The number of likely N-dealkylation sites (N-methyl/N-ethyl adjacent to an activating group) is 1. The summed E-state index contributed by atoms with van der Waals surface area (Å²) in [5.41, 5.74) is -0.704. The Balaban J connectivity index is 2.04.